The lowest BCUT2D eigenvalue weighted by Gasteiger charge is -2.32. The summed E-state index contributed by atoms with van der Waals surface area (Å²) in [5, 5.41) is 8.41. The van der Waals surface area contributed by atoms with Crippen LogP contribution in [0.5, 0.6) is 5.75 Å². The van der Waals surface area contributed by atoms with Crippen LogP contribution in [-0.2, 0) is 4.74 Å². The summed E-state index contributed by atoms with van der Waals surface area (Å²) in [6.45, 7) is 0.756. The second-order valence-electron chi connectivity index (χ2n) is 8.72. The van der Waals surface area contributed by atoms with Crippen molar-refractivity contribution in [1.29, 1.82) is 5.26 Å². The monoisotopic (exact) mass is 451 g/mol. The zero-order chi connectivity index (χ0) is 23.0. The molecule has 1 aromatic rings. The second kappa shape index (κ2) is 11.5. The standard InChI is InChI=1S/C25H29F4NO2/c26-22(16-30)3-1-2-18-6-12-23(13-7-18)31-17-19-4-8-20(9-5-19)21-10-14-24(15-11-21)32-25(27,28)29/h1-3,10-11,14-15,18-20,23H,4-9,12-13,17H2/t18-,19-,20-,23-. The van der Waals surface area contributed by atoms with E-state index >= 15 is 0 Å². The molecule has 0 atom stereocenters. The van der Waals surface area contributed by atoms with Crippen LogP contribution in [-0.4, -0.2) is 19.1 Å². The summed E-state index contributed by atoms with van der Waals surface area (Å²) in [6.07, 6.45) is 8.51. The molecule has 0 saturated heterocycles. The molecule has 0 spiro atoms. The van der Waals surface area contributed by atoms with E-state index in [9.17, 15) is 17.6 Å². The van der Waals surface area contributed by atoms with Crippen LogP contribution in [0.4, 0.5) is 17.6 Å². The average Bonchev–Trinajstić information content (AvgIpc) is 2.78. The van der Waals surface area contributed by atoms with Gasteiger partial charge in [-0.25, -0.2) is 0 Å². The predicted octanol–water partition coefficient (Wildman–Crippen LogP) is 7.37. The molecule has 2 aliphatic carbocycles. The Morgan fingerprint density at radius 1 is 1.00 bits per heavy atom. The molecule has 2 saturated carbocycles. The molecule has 174 valence electrons. The fourth-order valence-corrected chi connectivity index (χ4v) is 4.66. The fourth-order valence-electron chi connectivity index (χ4n) is 4.66. The van der Waals surface area contributed by atoms with Crippen LogP contribution < -0.4 is 4.74 Å². The number of halogens is 4. The summed E-state index contributed by atoms with van der Waals surface area (Å²) in [4.78, 5) is 0. The van der Waals surface area contributed by atoms with Crippen LogP contribution in [0.3, 0.4) is 0 Å². The minimum atomic E-state index is -4.66. The van der Waals surface area contributed by atoms with Crippen LogP contribution >= 0.6 is 0 Å². The van der Waals surface area contributed by atoms with Gasteiger partial charge in [0.05, 0.1) is 6.10 Å². The Morgan fingerprint density at radius 3 is 2.25 bits per heavy atom. The van der Waals surface area contributed by atoms with Gasteiger partial charge in [0.15, 0.2) is 5.83 Å². The lowest BCUT2D eigenvalue weighted by Crippen LogP contribution is -2.25. The van der Waals surface area contributed by atoms with E-state index in [0.717, 1.165) is 63.5 Å². The second-order valence-corrected chi connectivity index (χ2v) is 8.72. The molecule has 2 fully saturated rings. The van der Waals surface area contributed by atoms with Gasteiger partial charge in [-0.1, -0.05) is 24.3 Å². The van der Waals surface area contributed by atoms with Gasteiger partial charge >= 0.3 is 6.36 Å². The van der Waals surface area contributed by atoms with Gasteiger partial charge in [-0.3, -0.25) is 0 Å². The number of nitrogens with zero attached hydrogens (tertiary/aromatic N) is 1. The van der Waals surface area contributed by atoms with Crippen molar-refractivity contribution in [3.63, 3.8) is 0 Å². The highest BCUT2D eigenvalue weighted by Crippen LogP contribution is 2.37. The summed E-state index contributed by atoms with van der Waals surface area (Å²) in [5.74, 6) is 0.338. The first-order valence-corrected chi connectivity index (χ1v) is 11.2. The fraction of sp³-hybridized carbons (Fsp3) is 0.560. The number of hydrogen-bond acceptors (Lipinski definition) is 3. The van der Waals surface area contributed by atoms with Crippen molar-refractivity contribution in [1.82, 2.24) is 0 Å². The molecular formula is C25H29F4NO2. The van der Waals surface area contributed by atoms with Crippen LogP contribution in [0.2, 0.25) is 0 Å². The van der Waals surface area contributed by atoms with Gasteiger partial charge in [-0.15, -0.1) is 13.2 Å². The molecule has 0 amide bonds. The van der Waals surface area contributed by atoms with E-state index in [0.29, 0.717) is 17.8 Å². The van der Waals surface area contributed by atoms with Crippen LogP contribution in [0.25, 0.3) is 0 Å². The van der Waals surface area contributed by atoms with E-state index in [1.165, 1.54) is 24.3 Å². The molecule has 1 aromatic carbocycles. The summed E-state index contributed by atoms with van der Waals surface area (Å²) in [6, 6.07) is 7.71. The predicted molar refractivity (Wildman–Crippen MR) is 113 cm³/mol. The minimum Gasteiger partial charge on any atom is -0.406 e. The van der Waals surface area contributed by atoms with E-state index in [-0.39, 0.29) is 11.9 Å². The van der Waals surface area contributed by atoms with Gasteiger partial charge in [0, 0.05) is 6.61 Å². The zero-order valence-electron chi connectivity index (χ0n) is 18.0. The molecule has 7 heteroatoms. The van der Waals surface area contributed by atoms with Crippen molar-refractivity contribution in [3.05, 3.63) is 53.9 Å². The third-order valence-corrected chi connectivity index (χ3v) is 6.45. The first-order chi connectivity index (χ1) is 15.3. The zero-order valence-corrected chi connectivity index (χ0v) is 18.0. The molecule has 0 aromatic heterocycles. The number of allylic oxidation sites excluding steroid dienone is 4. The van der Waals surface area contributed by atoms with Gasteiger partial charge in [0.2, 0.25) is 0 Å². The Bertz CT molecular complexity index is 810. The van der Waals surface area contributed by atoms with E-state index in [4.69, 9.17) is 10.00 Å². The van der Waals surface area contributed by atoms with Crippen LogP contribution in [0.15, 0.2) is 48.3 Å². The van der Waals surface area contributed by atoms with Gasteiger partial charge in [0.1, 0.15) is 11.8 Å². The van der Waals surface area contributed by atoms with E-state index in [2.05, 4.69) is 4.74 Å². The molecule has 32 heavy (non-hydrogen) atoms. The van der Waals surface area contributed by atoms with E-state index < -0.39 is 12.2 Å². The highest BCUT2D eigenvalue weighted by atomic mass is 19.4. The maximum absolute atomic E-state index is 12.8. The molecule has 2 aliphatic rings. The molecular weight excluding hydrogens is 422 g/mol. The maximum atomic E-state index is 12.8. The van der Waals surface area contributed by atoms with Crippen molar-refractivity contribution >= 4 is 0 Å². The quantitative estimate of drug-likeness (QED) is 0.247. The Hall–Kier alpha value is -2.33. The van der Waals surface area contributed by atoms with Crippen molar-refractivity contribution in [3.8, 4) is 11.8 Å². The van der Waals surface area contributed by atoms with Gasteiger partial charge < -0.3 is 9.47 Å². The number of rotatable bonds is 7. The molecule has 0 unspecified atom stereocenters. The first kappa shape index (κ1) is 24.3. The van der Waals surface area contributed by atoms with E-state index in [1.54, 1.807) is 18.2 Å². The summed E-state index contributed by atoms with van der Waals surface area (Å²) in [5.41, 5.74) is 1.06. The molecule has 0 heterocycles. The normalized spacial score (nSPS) is 27.3. The van der Waals surface area contributed by atoms with Crippen molar-refractivity contribution in [2.75, 3.05) is 6.61 Å². The molecule has 0 N–H and O–H groups in total. The van der Waals surface area contributed by atoms with Crippen molar-refractivity contribution < 1.29 is 27.0 Å². The molecule has 3 rings (SSSR count). The topological polar surface area (TPSA) is 42.2 Å². The first-order valence-electron chi connectivity index (χ1n) is 11.2. The smallest absolute Gasteiger partial charge is 0.406 e. The third kappa shape index (κ3) is 7.98. The number of ether oxygens (including phenoxy) is 2. The Kier molecular flexibility index (Phi) is 8.75. The van der Waals surface area contributed by atoms with Crippen molar-refractivity contribution in [2.45, 2.75) is 69.8 Å². The van der Waals surface area contributed by atoms with Gasteiger partial charge in [0.25, 0.3) is 0 Å². The number of nitriles is 1. The summed E-state index contributed by atoms with van der Waals surface area (Å²) in [7, 11) is 0. The van der Waals surface area contributed by atoms with E-state index in [1.807, 2.05) is 6.08 Å². The number of hydrogen-bond donors (Lipinski definition) is 0. The highest BCUT2D eigenvalue weighted by molar-refractivity contribution is 5.30. The molecule has 0 radical (unpaired) electrons. The number of alkyl halides is 3. The molecule has 0 aliphatic heterocycles. The Balaban J connectivity index is 1.34. The summed E-state index contributed by atoms with van der Waals surface area (Å²) < 4.78 is 59.8. The highest BCUT2D eigenvalue weighted by Gasteiger charge is 2.31. The van der Waals surface area contributed by atoms with Gasteiger partial charge in [-0.2, -0.15) is 9.65 Å². The SMILES string of the molecule is N#CC(F)=CC=C[C@H]1CC[C@H](OC[C@H]2CC[C@H](c3ccc(OC(F)(F)F)cc3)CC2)CC1. The Morgan fingerprint density at radius 2 is 1.66 bits per heavy atom. The average molecular weight is 452 g/mol. The summed E-state index contributed by atoms with van der Waals surface area (Å²) >= 11 is 0. The maximum Gasteiger partial charge on any atom is 0.573 e. The van der Waals surface area contributed by atoms with Crippen LogP contribution in [0, 0.1) is 23.2 Å². The molecule has 0 bridgehead atoms. The Labute approximate surface area is 186 Å². The molecule has 3 nitrogen and oxygen atoms in total. The van der Waals surface area contributed by atoms with Crippen molar-refractivity contribution in [2.24, 2.45) is 11.8 Å². The lowest BCUT2D eigenvalue weighted by molar-refractivity contribution is -0.274. The lowest BCUT2D eigenvalue weighted by atomic mass is 9.79. The van der Waals surface area contributed by atoms with Gasteiger partial charge in [-0.05, 0) is 92.9 Å². The minimum absolute atomic E-state index is 0.181. The third-order valence-electron chi connectivity index (χ3n) is 6.45. The van der Waals surface area contributed by atoms with Crippen LogP contribution in [0.1, 0.15) is 62.8 Å². The number of benzene rings is 1. The largest absolute Gasteiger partial charge is 0.573 e.